The van der Waals surface area contributed by atoms with Gasteiger partial charge in [0.05, 0.1) is 26.4 Å². The zero-order valence-electron chi connectivity index (χ0n) is 55.8. The van der Waals surface area contributed by atoms with Crippen LogP contribution in [-0.2, 0) is 65.4 Å². The second-order valence-corrected chi connectivity index (χ2v) is 27.7. The molecule has 0 aromatic heterocycles. The molecule has 0 saturated heterocycles. The van der Waals surface area contributed by atoms with Crippen molar-refractivity contribution in [2.75, 3.05) is 39.6 Å². The molecule has 0 aromatic carbocycles. The fourth-order valence-corrected chi connectivity index (χ4v) is 11.3. The smallest absolute Gasteiger partial charge is 0.462 e. The van der Waals surface area contributed by atoms with Crippen molar-refractivity contribution >= 4 is 39.5 Å². The molecule has 0 aliphatic heterocycles. The maximum atomic E-state index is 13.0. The molecule has 2 unspecified atom stereocenters. The summed E-state index contributed by atoms with van der Waals surface area (Å²) in [7, 11) is -9.91. The van der Waals surface area contributed by atoms with Crippen molar-refractivity contribution in [1.29, 1.82) is 0 Å². The summed E-state index contributed by atoms with van der Waals surface area (Å²) in [5.41, 5.74) is 0. The number of hydrogen-bond donors (Lipinski definition) is 3. The van der Waals surface area contributed by atoms with Crippen molar-refractivity contribution in [2.45, 2.75) is 336 Å². The molecule has 0 heterocycles. The normalized spacial score (nSPS) is 14.4. The third kappa shape index (κ3) is 62.1. The van der Waals surface area contributed by atoms with Gasteiger partial charge in [0, 0.05) is 25.7 Å². The zero-order valence-corrected chi connectivity index (χ0v) is 57.6. The average molecular weight is 1280 g/mol. The molecular weight excluding hydrogens is 1150 g/mol. The first-order valence-electron chi connectivity index (χ1n) is 34.8. The van der Waals surface area contributed by atoms with E-state index in [1.165, 1.54) is 116 Å². The van der Waals surface area contributed by atoms with E-state index >= 15 is 0 Å². The van der Waals surface area contributed by atoms with Crippen LogP contribution in [0.3, 0.4) is 0 Å². The minimum absolute atomic E-state index is 0.0848. The van der Waals surface area contributed by atoms with Gasteiger partial charge in [-0.15, -0.1) is 0 Å². The Morgan fingerprint density at radius 2 is 0.621 bits per heavy atom. The van der Waals surface area contributed by atoms with E-state index in [4.69, 9.17) is 37.0 Å². The summed E-state index contributed by atoms with van der Waals surface area (Å²) in [4.78, 5) is 72.4. The van der Waals surface area contributed by atoms with Crippen LogP contribution in [-0.4, -0.2) is 96.7 Å². The number of rotatable bonds is 65. The molecule has 5 atom stereocenters. The number of carbonyl (C=O) groups excluding carboxylic acids is 4. The Balaban J connectivity index is 5.28. The number of phosphoric ester groups is 2. The number of carbonyl (C=O) groups is 4. The molecule has 0 aromatic rings. The lowest BCUT2D eigenvalue weighted by Gasteiger charge is -2.21. The van der Waals surface area contributed by atoms with Crippen LogP contribution >= 0.6 is 15.6 Å². The molecular formula is C68H128O17P2. The van der Waals surface area contributed by atoms with Crippen LogP contribution < -0.4 is 0 Å². The summed E-state index contributed by atoms with van der Waals surface area (Å²) in [6.07, 6.45) is 46.8. The van der Waals surface area contributed by atoms with Crippen LogP contribution in [0.1, 0.15) is 318 Å². The SMILES string of the molecule is CCCCCC/C=C\C=C/CCCCCCCC(=O)O[C@H](COC(=O)CCCCCCCCCCCCCC)COP(=O)(O)OC[C@@H](O)COP(=O)(O)OC[C@@H](COC(=O)CCCCCCCCC(C)C)OC(=O)CCCCCCCCCCC(C)C. The van der Waals surface area contributed by atoms with Crippen molar-refractivity contribution in [1.82, 2.24) is 0 Å². The number of esters is 4. The van der Waals surface area contributed by atoms with Crippen molar-refractivity contribution < 1.29 is 80.2 Å². The van der Waals surface area contributed by atoms with Crippen LogP contribution in [0, 0.1) is 11.8 Å². The predicted octanol–water partition coefficient (Wildman–Crippen LogP) is 18.8. The number of unbranched alkanes of at least 4 members (excludes halogenated alkanes) is 32. The largest absolute Gasteiger partial charge is 0.472 e. The summed E-state index contributed by atoms with van der Waals surface area (Å²) in [6, 6.07) is 0. The van der Waals surface area contributed by atoms with Crippen LogP contribution in [0.4, 0.5) is 0 Å². The minimum atomic E-state index is -4.96. The number of aliphatic hydroxyl groups is 1. The molecule has 3 N–H and O–H groups in total. The second kappa shape index (κ2) is 59.8. The van der Waals surface area contributed by atoms with Crippen molar-refractivity contribution in [3.05, 3.63) is 24.3 Å². The Hall–Kier alpha value is -2.46. The molecule has 0 saturated carbocycles. The number of hydrogen-bond acceptors (Lipinski definition) is 15. The van der Waals surface area contributed by atoms with Gasteiger partial charge >= 0.3 is 39.5 Å². The van der Waals surface area contributed by atoms with Gasteiger partial charge in [-0.3, -0.25) is 37.3 Å². The molecule has 512 valence electrons. The van der Waals surface area contributed by atoms with E-state index in [0.717, 1.165) is 115 Å². The van der Waals surface area contributed by atoms with Gasteiger partial charge in [0.25, 0.3) is 0 Å². The number of phosphoric acid groups is 2. The third-order valence-electron chi connectivity index (χ3n) is 15.1. The van der Waals surface area contributed by atoms with Crippen molar-refractivity contribution in [3.63, 3.8) is 0 Å². The first kappa shape index (κ1) is 84.5. The Morgan fingerprint density at radius 3 is 0.943 bits per heavy atom. The zero-order chi connectivity index (χ0) is 64.3. The average Bonchev–Trinajstić information content (AvgIpc) is 3.64. The lowest BCUT2D eigenvalue weighted by molar-refractivity contribution is -0.161. The fourth-order valence-electron chi connectivity index (χ4n) is 9.70. The lowest BCUT2D eigenvalue weighted by atomic mass is 10.0. The van der Waals surface area contributed by atoms with Gasteiger partial charge in [-0.1, -0.05) is 265 Å². The van der Waals surface area contributed by atoms with Gasteiger partial charge in [-0.2, -0.15) is 0 Å². The predicted molar refractivity (Wildman–Crippen MR) is 349 cm³/mol. The maximum Gasteiger partial charge on any atom is 0.472 e. The van der Waals surface area contributed by atoms with Crippen molar-refractivity contribution in [3.8, 4) is 0 Å². The molecule has 0 fully saturated rings. The Kier molecular flexibility index (Phi) is 58.1. The minimum Gasteiger partial charge on any atom is -0.462 e. The molecule has 0 amide bonds. The molecule has 0 bridgehead atoms. The van der Waals surface area contributed by atoms with Gasteiger partial charge < -0.3 is 33.8 Å². The van der Waals surface area contributed by atoms with Crippen LogP contribution in [0.15, 0.2) is 24.3 Å². The number of ether oxygens (including phenoxy) is 4. The van der Waals surface area contributed by atoms with E-state index in [9.17, 15) is 43.2 Å². The lowest BCUT2D eigenvalue weighted by Crippen LogP contribution is -2.30. The first-order chi connectivity index (χ1) is 41.9. The Morgan fingerprint density at radius 1 is 0.356 bits per heavy atom. The standard InChI is InChI=1S/C68H128O17P2/c1-7-9-11-13-15-17-19-21-22-23-25-27-32-40-46-52-67(72)84-63(56-78-65(70)50-44-38-31-26-24-20-18-16-14-12-10-8-2)58-82-86(74,75)80-54-62(69)55-81-87(76,77)83-59-64(57-79-66(71)51-45-39-35-34-37-43-49-61(5)6)85-68(73)53-47-41-33-29-28-30-36-42-48-60(3)4/h17,19,21-22,60-64,69H,7-16,18,20,23-59H2,1-6H3,(H,74,75)(H,76,77)/b19-17-,22-21-/t62-,63-,64-/m1/s1. The van der Waals surface area contributed by atoms with Crippen LogP contribution in [0.2, 0.25) is 0 Å². The molecule has 17 nitrogen and oxygen atoms in total. The third-order valence-corrected chi connectivity index (χ3v) is 17.0. The van der Waals surface area contributed by atoms with Gasteiger partial charge in [0.1, 0.15) is 19.3 Å². The summed E-state index contributed by atoms with van der Waals surface area (Å²) in [6.45, 7) is 9.33. The van der Waals surface area contributed by atoms with Crippen LogP contribution in [0.5, 0.6) is 0 Å². The van der Waals surface area contributed by atoms with Gasteiger partial charge in [-0.05, 0) is 63.2 Å². The van der Waals surface area contributed by atoms with Gasteiger partial charge in [0.2, 0.25) is 0 Å². The summed E-state index contributed by atoms with van der Waals surface area (Å²) in [5.74, 6) is -0.767. The topological polar surface area (TPSA) is 237 Å². The monoisotopic (exact) mass is 1280 g/mol. The van der Waals surface area contributed by atoms with Gasteiger partial charge in [0.15, 0.2) is 12.2 Å². The molecule has 19 heteroatoms. The molecule has 0 aliphatic rings. The molecule has 0 rings (SSSR count). The van der Waals surface area contributed by atoms with Gasteiger partial charge in [-0.25, -0.2) is 9.13 Å². The highest BCUT2D eigenvalue weighted by molar-refractivity contribution is 7.47. The first-order valence-corrected chi connectivity index (χ1v) is 37.8. The Labute approximate surface area is 529 Å². The van der Waals surface area contributed by atoms with E-state index in [1.807, 2.05) is 0 Å². The summed E-state index contributed by atoms with van der Waals surface area (Å²) in [5, 5.41) is 10.6. The number of aliphatic hydroxyl groups excluding tert-OH is 1. The fraction of sp³-hybridized carbons (Fsp3) is 0.882. The van der Waals surface area contributed by atoms with E-state index in [2.05, 4.69) is 65.8 Å². The van der Waals surface area contributed by atoms with E-state index < -0.39 is 97.5 Å². The molecule has 0 aliphatic carbocycles. The molecule has 0 spiro atoms. The summed E-state index contributed by atoms with van der Waals surface area (Å²) < 4.78 is 68.1. The molecule has 0 radical (unpaired) electrons. The molecule has 87 heavy (non-hydrogen) atoms. The highest BCUT2D eigenvalue weighted by Crippen LogP contribution is 2.45. The van der Waals surface area contributed by atoms with Crippen molar-refractivity contribution in [2.24, 2.45) is 11.8 Å². The highest BCUT2D eigenvalue weighted by atomic mass is 31.2. The van der Waals surface area contributed by atoms with E-state index in [-0.39, 0.29) is 25.7 Å². The Bertz CT molecular complexity index is 1790. The van der Waals surface area contributed by atoms with E-state index in [0.29, 0.717) is 31.6 Å². The summed E-state index contributed by atoms with van der Waals surface area (Å²) >= 11 is 0. The van der Waals surface area contributed by atoms with E-state index in [1.54, 1.807) is 0 Å². The number of allylic oxidation sites excluding steroid dienone is 4. The quantitative estimate of drug-likeness (QED) is 0.0169. The van der Waals surface area contributed by atoms with Crippen LogP contribution in [0.25, 0.3) is 0 Å². The second-order valence-electron chi connectivity index (χ2n) is 24.8. The highest BCUT2D eigenvalue weighted by Gasteiger charge is 2.30. The maximum absolute atomic E-state index is 13.0.